The summed E-state index contributed by atoms with van der Waals surface area (Å²) in [5.74, 6) is 0.653. The Labute approximate surface area is 143 Å². The van der Waals surface area contributed by atoms with Crippen molar-refractivity contribution in [3.05, 3.63) is 54.6 Å². The van der Waals surface area contributed by atoms with Crippen LogP contribution >= 0.6 is 0 Å². The SMILES string of the molecule is COc1ccc(S(=O)(=O)N2CCCN(c3ccccc3)CC2)cc1. The van der Waals surface area contributed by atoms with E-state index in [1.54, 1.807) is 35.7 Å². The quantitative estimate of drug-likeness (QED) is 0.854. The topological polar surface area (TPSA) is 49.9 Å². The maximum atomic E-state index is 12.8. The molecule has 5 nitrogen and oxygen atoms in total. The summed E-state index contributed by atoms with van der Waals surface area (Å²) in [5.41, 5.74) is 1.14. The second kappa shape index (κ2) is 7.23. The first-order valence-electron chi connectivity index (χ1n) is 8.05. The second-order valence-electron chi connectivity index (χ2n) is 5.76. The van der Waals surface area contributed by atoms with Crippen LogP contribution in [0.25, 0.3) is 0 Å². The van der Waals surface area contributed by atoms with Gasteiger partial charge >= 0.3 is 0 Å². The van der Waals surface area contributed by atoms with Crippen LogP contribution in [0.4, 0.5) is 5.69 Å². The Morgan fingerprint density at radius 1 is 0.875 bits per heavy atom. The fourth-order valence-corrected chi connectivity index (χ4v) is 4.40. The molecule has 3 rings (SSSR count). The van der Waals surface area contributed by atoms with E-state index in [0.29, 0.717) is 30.3 Å². The average Bonchev–Trinajstić information content (AvgIpc) is 2.89. The van der Waals surface area contributed by atoms with Crippen LogP contribution in [0.2, 0.25) is 0 Å². The molecule has 0 radical (unpaired) electrons. The Balaban J connectivity index is 1.75. The van der Waals surface area contributed by atoms with Crippen molar-refractivity contribution in [2.75, 3.05) is 38.2 Å². The summed E-state index contributed by atoms with van der Waals surface area (Å²) in [6.45, 7) is 2.58. The number of methoxy groups -OCH3 is 1. The number of benzene rings is 2. The lowest BCUT2D eigenvalue weighted by atomic mass is 10.3. The largest absolute Gasteiger partial charge is 0.497 e. The average molecular weight is 346 g/mol. The molecule has 1 aliphatic heterocycles. The molecule has 24 heavy (non-hydrogen) atoms. The van der Waals surface area contributed by atoms with Crippen molar-refractivity contribution in [2.45, 2.75) is 11.3 Å². The highest BCUT2D eigenvalue weighted by Gasteiger charge is 2.26. The first kappa shape index (κ1) is 16.8. The van der Waals surface area contributed by atoms with E-state index in [0.717, 1.165) is 18.7 Å². The van der Waals surface area contributed by atoms with E-state index in [4.69, 9.17) is 4.74 Å². The van der Waals surface area contributed by atoms with Crippen LogP contribution in [-0.4, -0.2) is 46.0 Å². The van der Waals surface area contributed by atoms with Gasteiger partial charge in [0.15, 0.2) is 0 Å². The first-order chi connectivity index (χ1) is 11.6. The summed E-state index contributed by atoms with van der Waals surface area (Å²) in [4.78, 5) is 2.56. The molecule has 1 saturated heterocycles. The first-order valence-corrected chi connectivity index (χ1v) is 9.49. The minimum atomic E-state index is -3.46. The minimum Gasteiger partial charge on any atom is -0.497 e. The third-order valence-electron chi connectivity index (χ3n) is 4.27. The van der Waals surface area contributed by atoms with Crippen LogP contribution in [0.15, 0.2) is 59.5 Å². The highest BCUT2D eigenvalue weighted by Crippen LogP contribution is 2.22. The molecule has 0 saturated carbocycles. The van der Waals surface area contributed by atoms with Gasteiger partial charge in [0.1, 0.15) is 5.75 Å². The van der Waals surface area contributed by atoms with Crippen molar-refractivity contribution in [3.8, 4) is 5.75 Å². The van der Waals surface area contributed by atoms with Crippen molar-refractivity contribution in [3.63, 3.8) is 0 Å². The molecule has 0 amide bonds. The Hall–Kier alpha value is -2.05. The van der Waals surface area contributed by atoms with E-state index >= 15 is 0 Å². The van der Waals surface area contributed by atoms with Crippen LogP contribution in [-0.2, 0) is 10.0 Å². The molecule has 1 aliphatic rings. The molecule has 0 unspecified atom stereocenters. The summed E-state index contributed by atoms with van der Waals surface area (Å²) in [6.07, 6.45) is 0.810. The molecule has 0 atom stereocenters. The third-order valence-corrected chi connectivity index (χ3v) is 6.19. The summed E-state index contributed by atoms with van der Waals surface area (Å²) in [5, 5.41) is 0. The Morgan fingerprint density at radius 2 is 1.58 bits per heavy atom. The fourth-order valence-electron chi connectivity index (χ4n) is 2.93. The molecule has 0 aliphatic carbocycles. The molecule has 0 N–H and O–H groups in total. The van der Waals surface area contributed by atoms with Crippen LogP contribution < -0.4 is 9.64 Å². The number of para-hydroxylation sites is 1. The van der Waals surface area contributed by atoms with Gasteiger partial charge in [-0.05, 0) is 42.8 Å². The maximum absolute atomic E-state index is 12.8. The summed E-state index contributed by atoms with van der Waals surface area (Å²) in [7, 11) is -1.90. The highest BCUT2D eigenvalue weighted by molar-refractivity contribution is 7.89. The number of hydrogen-bond donors (Lipinski definition) is 0. The summed E-state index contributed by atoms with van der Waals surface area (Å²) in [6, 6.07) is 16.7. The molecular weight excluding hydrogens is 324 g/mol. The molecule has 6 heteroatoms. The Morgan fingerprint density at radius 3 is 2.25 bits per heavy atom. The van der Waals surface area contributed by atoms with Gasteiger partial charge in [0.05, 0.1) is 12.0 Å². The summed E-state index contributed by atoms with van der Waals surface area (Å²) < 4.78 is 32.4. The van der Waals surface area contributed by atoms with Crippen molar-refractivity contribution in [1.29, 1.82) is 0 Å². The van der Waals surface area contributed by atoms with Crippen molar-refractivity contribution in [1.82, 2.24) is 4.31 Å². The number of sulfonamides is 1. The normalized spacial score (nSPS) is 16.6. The Kier molecular flexibility index (Phi) is 5.06. The monoisotopic (exact) mass is 346 g/mol. The molecule has 2 aromatic rings. The lowest BCUT2D eigenvalue weighted by molar-refractivity contribution is 0.413. The van der Waals surface area contributed by atoms with E-state index in [9.17, 15) is 8.42 Å². The molecule has 128 valence electrons. The van der Waals surface area contributed by atoms with Gasteiger partial charge in [-0.25, -0.2) is 8.42 Å². The minimum absolute atomic E-state index is 0.316. The molecule has 1 heterocycles. The Bertz CT molecular complexity index is 761. The molecular formula is C18H22N2O3S. The third kappa shape index (κ3) is 3.55. The van der Waals surface area contributed by atoms with E-state index in [1.807, 2.05) is 18.2 Å². The number of rotatable bonds is 4. The molecule has 0 bridgehead atoms. The highest BCUT2D eigenvalue weighted by atomic mass is 32.2. The number of ether oxygens (including phenoxy) is 1. The maximum Gasteiger partial charge on any atom is 0.243 e. The molecule has 2 aromatic carbocycles. The predicted molar refractivity (Wildman–Crippen MR) is 95.0 cm³/mol. The zero-order valence-electron chi connectivity index (χ0n) is 13.8. The van der Waals surface area contributed by atoms with Gasteiger partial charge in [0, 0.05) is 31.9 Å². The molecule has 1 fully saturated rings. The summed E-state index contributed by atoms with van der Waals surface area (Å²) >= 11 is 0. The van der Waals surface area contributed by atoms with E-state index in [2.05, 4.69) is 17.0 Å². The van der Waals surface area contributed by atoms with Gasteiger partial charge in [0.2, 0.25) is 10.0 Å². The van der Waals surface area contributed by atoms with Crippen LogP contribution in [0.5, 0.6) is 5.75 Å². The zero-order valence-corrected chi connectivity index (χ0v) is 14.6. The van der Waals surface area contributed by atoms with Gasteiger partial charge in [-0.3, -0.25) is 0 Å². The number of nitrogens with zero attached hydrogens (tertiary/aromatic N) is 2. The number of anilines is 1. The van der Waals surface area contributed by atoms with Gasteiger partial charge in [0.25, 0.3) is 0 Å². The van der Waals surface area contributed by atoms with Gasteiger partial charge in [-0.2, -0.15) is 4.31 Å². The van der Waals surface area contributed by atoms with Crippen LogP contribution in [0.3, 0.4) is 0 Å². The molecule has 0 aromatic heterocycles. The van der Waals surface area contributed by atoms with E-state index in [-0.39, 0.29) is 0 Å². The lowest BCUT2D eigenvalue weighted by Crippen LogP contribution is -2.35. The van der Waals surface area contributed by atoms with E-state index < -0.39 is 10.0 Å². The van der Waals surface area contributed by atoms with Crippen LogP contribution in [0.1, 0.15) is 6.42 Å². The second-order valence-corrected chi connectivity index (χ2v) is 7.69. The predicted octanol–water partition coefficient (Wildman–Crippen LogP) is 2.60. The molecule has 0 spiro atoms. The van der Waals surface area contributed by atoms with Crippen molar-refractivity contribution >= 4 is 15.7 Å². The smallest absolute Gasteiger partial charge is 0.243 e. The van der Waals surface area contributed by atoms with Crippen molar-refractivity contribution < 1.29 is 13.2 Å². The van der Waals surface area contributed by atoms with Crippen LogP contribution in [0, 0.1) is 0 Å². The van der Waals surface area contributed by atoms with Gasteiger partial charge in [-0.1, -0.05) is 18.2 Å². The van der Waals surface area contributed by atoms with Gasteiger partial charge in [-0.15, -0.1) is 0 Å². The van der Waals surface area contributed by atoms with E-state index in [1.165, 1.54) is 0 Å². The standard InChI is InChI=1S/C18H22N2O3S/c1-23-17-8-10-18(11-9-17)24(21,22)20-13-5-12-19(14-15-20)16-6-3-2-4-7-16/h2-4,6-11H,5,12-15H2,1H3. The van der Waals surface area contributed by atoms with Gasteiger partial charge < -0.3 is 9.64 Å². The van der Waals surface area contributed by atoms with Crippen molar-refractivity contribution in [2.24, 2.45) is 0 Å². The number of hydrogen-bond acceptors (Lipinski definition) is 4. The zero-order chi connectivity index (χ0) is 17.0. The lowest BCUT2D eigenvalue weighted by Gasteiger charge is -2.23. The fraction of sp³-hybridized carbons (Fsp3) is 0.333.